The van der Waals surface area contributed by atoms with Gasteiger partial charge in [-0.05, 0) is 0 Å². The Hall–Kier alpha value is -2.49. The van der Waals surface area contributed by atoms with Crippen LogP contribution in [0.15, 0.2) is 9.98 Å². The van der Waals surface area contributed by atoms with Crippen LogP contribution in [0.2, 0.25) is 0 Å². The van der Waals surface area contributed by atoms with E-state index in [-0.39, 0.29) is 5.01 Å². The highest BCUT2D eigenvalue weighted by Crippen LogP contribution is 2.06. The summed E-state index contributed by atoms with van der Waals surface area (Å²) in [4.78, 5) is 38.0. The monoisotopic (exact) mass is 230 g/mol. The fourth-order valence-corrected chi connectivity index (χ4v) is 0.916. The molecular formula is C6H6N4O6. The molecule has 10 heteroatoms. The number of hydrazine groups is 1. The van der Waals surface area contributed by atoms with Gasteiger partial charge in [0.05, 0.1) is 0 Å². The Bertz CT molecular complexity index is 427. The highest BCUT2D eigenvalue weighted by molar-refractivity contribution is 6.44. The first-order valence-corrected chi connectivity index (χ1v) is 3.74. The summed E-state index contributed by atoms with van der Waals surface area (Å²) >= 11 is 0. The minimum Gasteiger partial charge on any atom is -0.478 e. The summed E-state index contributed by atoms with van der Waals surface area (Å²) in [7, 11) is 0. The molecule has 1 aliphatic rings. The average molecular weight is 230 g/mol. The maximum Gasteiger partial charge on any atom is 0.373 e. The average Bonchev–Trinajstić information content (AvgIpc) is 2.16. The fourth-order valence-electron chi connectivity index (χ4n) is 0.916. The second-order valence-corrected chi connectivity index (χ2v) is 2.62. The van der Waals surface area contributed by atoms with Crippen molar-refractivity contribution < 1.29 is 29.7 Å². The van der Waals surface area contributed by atoms with Crippen LogP contribution in [-0.2, 0) is 14.4 Å². The Morgan fingerprint density at radius 1 is 1.19 bits per heavy atom. The highest BCUT2D eigenvalue weighted by atomic mass is 16.4. The summed E-state index contributed by atoms with van der Waals surface area (Å²) in [6.07, 6.45) is -1.82. The third-order valence-corrected chi connectivity index (χ3v) is 1.57. The number of carboxylic acids is 3. The molecule has 0 spiro atoms. The molecule has 0 aromatic rings. The number of nitrogens with zero attached hydrogens (tertiary/aromatic N) is 3. The number of carboxylic acid groups (broad SMARTS) is 3. The molecule has 0 saturated carbocycles. The Morgan fingerprint density at radius 3 is 2.12 bits per heavy atom. The van der Waals surface area contributed by atoms with Crippen molar-refractivity contribution in [3.05, 3.63) is 0 Å². The number of hydrogen-bond donors (Lipinski definition) is 4. The fraction of sp³-hybridized carbons (Fsp3) is 0.167. The van der Waals surface area contributed by atoms with Gasteiger partial charge in [0.25, 0.3) is 0 Å². The molecule has 5 N–H and O–H groups in total. The molecule has 0 fully saturated rings. The number of carbonyl (C=O) groups is 3. The van der Waals surface area contributed by atoms with Gasteiger partial charge >= 0.3 is 17.9 Å². The molecule has 0 saturated heterocycles. The number of hydrogen-bond acceptors (Lipinski definition) is 7. The molecule has 1 heterocycles. The van der Waals surface area contributed by atoms with Crippen LogP contribution in [0.1, 0.15) is 0 Å². The lowest BCUT2D eigenvalue weighted by molar-refractivity contribution is -0.141. The molecule has 0 aromatic carbocycles. The lowest BCUT2D eigenvalue weighted by Crippen LogP contribution is -2.54. The van der Waals surface area contributed by atoms with Crippen molar-refractivity contribution in [3.8, 4) is 0 Å². The maximum absolute atomic E-state index is 10.6. The molecule has 1 rings (SSSR count). The first kappa shape index (κ1) is 11.6. The standard InChI is InChI=1S/C6H6N4O6/c7-10-2(5(13)14)8-1(4(11)12)9-3(10)6(15)16/h2H,7H2,(H,11,12)(H,13,14)(H,15,16). The summed E-state index contributed by atoms with van der Waals surface area (Å²) in [6.45, 7) is 0. The minimum absolute atomic E-state index is 0.261. The van der Waals surface area contributed by atoms with Crippen LogP contribution < -0.4 is 5.84 Å². The highest BCUT2D eigenvalue weighted by Gasteiger charge is 2.35. The van der Waals surface area contributed by atoms with Crippen LogP contribution in [-0.4, -0.2) is 56.1 Å². The van der Waals surface area contributed by atoms with Crippen LogP contribution in [0.4, 0.5) is 0 Å². The second kappa shape index (κ2) is 3.94. The molecule has 1 atom stereocenters. The van der Waals surface area contributed by atoms with Gasteiger partial charge in [0.2, 0.25) is 17.8 Å². The predicted molar refractivity (Wildman–Crippen MR) is 47.6 cm³/mol. The van der Waals surface area contributed by atoms with E-state index < -0.39 is 35.7 Å². The normalized spacial score (nSPS) is 19.8. The summed E-state index contributed by atoms with van der Waals surface area (Å²) < 4.78 is 0. The van der Waals surface area contributed by atoms with Gasteiger partial charge in [0.1, 0.15) is 0 Å². The van der Waals surface area contributed by atoms with Crippen molar-refractivity contribution in [1.82, 2.24) is 5.01 Å². The second-order valence-electron chi connectivity index (χ2n) is 2.62. The molecule has 1 unspecified atom stereocenters. The third-order valence-electron chi connectivity index (χ3n) is 1.57. The van der Waals surface area contributed by atoms with Crippen LogP contribution in [0.3, 0.4) is 0 Å². The number of amidine groups is 2. The molecular weight excluding hydrogens is 224 g/mol. The van der Waals surface area contributed by atoms with E-state index in [1.165, 1.54) is 0 Å². The molecule has 0 bridgehead atoms. The number of aliphatic imine (C=N–C) groups is 2. The van der Waals surface area contributed by atoms with E-state index in [1.807, 2.05) is 0 Å². The van der Waals surface area contributed by atoms with Crippen LogP contribution in [0, 0.1) is 0 Å². The molecule has 0 radical (unpaired) electrons. The van der Waals surface area contributed by atoms with Gasteiger partial charge in [-0.25, -0.2) is 25.2 Å². The predicted octanol–water partition coefficient (Wildman–Crippen LogP) is -2.45. The maximum atomic E-state index is 10.6. The first-order valence-electron chi connectivity index (χ1n) is 3.74. The number of aliphatic carboxylic acids is 3. The van der Waals surface area contributed by atoms with Crippen LogP contribution in [0.25, 0.3) is 0 Å². The topological polar surface area (TPSA) is 166 Å². The molecule has 86 valence electrons. The van der Waals surface area contributed by atoms with Crippen molar-refractivity contribution in [2.45, 2.75) is 6.17 Å². The zero-order valence-corrected chi connectivity index (χ0v) is 7.56. The summed E-state index contributed by atoms with van der Waals surface area (Å²) in [5.41, 5.74) is 0. The molecule has 1 aliphatic heterocycles. The lowest BCUT2D eigenvalue weighted by atomic mass is 10.4. The summed E-state index contributed by atoms with van der Waals surface area (Å²) in [5, 5.41) is 26.1. The van der Waals surface area contributed by atoms with E-state index >= 15 is 0 Å². The SMILES string of the molecule is NN1C(C(=O)O)=NC(C(=O)O)=NC1C(=O)O. The Kier molecular flexibility index (Phi) is 2.85. The molecule has 10 nitrogen and oxygen atoms in total. The van der Waals surface area contributed by atoms with Gasteiger partial charge < -0.3 is 15.3 Å². The first-order chi connectivity index (χ1) is 7.34. The van der Waals surface area contributed by atoms with Crippen LogP contribution in [0.5, 0.6) is 0 Å². The minimum atomic E-state index is -1.82. The van der Waals surface area contributed by atoms with E-state index in [1.54, 1.807) is 0 Å². The van der Waals surface area contributed by atoms with E-state index in [4.69, 9.17) is 21.2 Å². The molecule has 0 amide bonds. The Morgan fingerprint density at radius 2 is 1.75 bits per heavy atom. The lowest BCUT2D eigenvalue weighted by Gasteiger charge is -2.24. The van der Waals surface area contributed by atoms with Gasteiger partial charge in [-0.1, -0.05) is 0 Å². The van der Waals surface area contributed by atoms with E-state index in [0.717, 1.165) is 0 Å². The van der Waals surface area contributed by atoms with Crippen molar-refractivity contribution in [3.63, 3.8) is 0 Å². The Balaban J connectivity index is 3.22. The van der Waals surface area contributed by atoms with Crippen molar-refractivity contribution in [2.75, 3.05) is 0 Å². The third kappa shape index (κ3) is 1.95. The van der Waals surface area contributed by atoms with Crippen LogP contribution >= 0.6 is 0 Å². The van der Waals surface area contributed by atoms with Gasteiger partial charge in [-0.15, -0.1) is 0 Å². The number of nitrogens with two attached hydrogens (primary N) is 1. The van der Waals surface area contributed by atoms with Gasteiger partial charge in [-0.3, -0.25) is 5.01 Å². The van der Waals surface area contributed by atoms with Gasteiger partial charge in [0, 0.05) is 0 Å². The molecule has 0 aliphatic carbocycles. The smallest absolute Gasteiger partial charge is 0.373 e. The quantitative estimate of drug-likeness (QED) is 0.387. The van der Waals surface area contributed by atoms with E-state index in [2.05, 4.69) is 9.98 Å². The van der Waals surface area contributed by atoms with Crippen molar-refractivity contribution in [2.24, 2.45) is 15.8 Å². The van der Waals surface area contributed by atoms with E-state index in [0.29, 0.717) is 0 Å². The summed E-state index contributed by atoms with van der Waals surface area (Å²) in [5.74, 6) is -1.58. The van der Waals surface area contributed by atoms with Gasteiger partial charge in [0.15, 0.2) is 0 Å². The van der Waals surface area contributed by atoms with Crippen molar-refractivity contribution >= 4 is 29.6 Å². The zero-order valence-electron chi connectivity index (χ0n) is 7.56. The number of rotatable bonds is 3. The van der Waals surface area contributed by atoms with Gasteiger partial charge in [-0.2, -0.15) is 4.99 Å². The molecule has 0 aromatic heterocycles. The summed E-state index contributed by atoms with van der Waals surface area (Å²) in [6, 6.07) is 0. The zero-order chi connectivity index (χ0) is 12.5. The Labute approximate surface area is 87.3 Å². The molecule has 16 heavy (non-hydrogen) atoms. The largest absolute Gasteiger partial charge is 0.478 e. The van der Waals surface area contributed by atoms with E-state index in [9.17, 15) is 14.4 Å². The van der Waals surface area contributed by atoms with Crippen molar-refractivity contribution in [1.29, 1.82) is 0 Å².